The largest absolute Gasteiger partial charge is 0.472 e. The van der Waals surface area contributed by atoms with E-state index in [1.165, 1.54) is 0 Å². The Bertz CT molecular complexity index is 1410. The fourth-order valence-electron chi connectivity index (χ4n) is 5.17. The molecule has 5 atom stereocenters. The first-order valence-electron chi connectivity index (χ1n) is 22.1. The van der Waals surface area contributed by atoms with Crippen molar-refractivity contribution < 1.29 is 58.0 Å². The molecule has 0 aliphatic heterocycles. The molecule has 12 nitrogen and oxygen atoms in total. The second-order valence-electron chi connectivity index (χ2n) is 14.4. The molecule has 346 valence electrons. The molecule has 0 rings (SSSR count). The fourth-order valence-corrected chi connectivity index (χ4v) is 5.96. The molecule has 0 aliphatic rings. The number of phosphoric acid groups is 1. The zero-order valence-electron chi connectivity index (χ0n) is 36.8. The Morgan fingerprint density at radius 1 is 0.574 bits per heavy atom. The Hall–Kier alpha value is -3.45. The third-order valence-corrected chi connectivity index (χ3v) is 9.57. The number of hydrogen-bond donors (Lipinski definition) is 5. The first kappa shape index (κ1) is 57.5. The lowest BCUT2D eigenvalue weighted by Gasteiger charge is -2.20. The SMILES string of the molecule is CC/C=C\C/C=C\C/C=C\C/C=C\C/C=C\CCCCCC(=O)O[C@H](COC(=O)CCC[C@@H](O)/C=C/C=C\C/C=C\C=C\[C@@H](O)CCCCC)COP(=O)(O)OC[C@@H](O)CO. The monoisotopic (exact) mass is 877 g/mol. The van der Waals surface area contributed by atoms with Gasteiger partial charge in [0.15, 0.2) is 6.10 Å². The molecule has 0 aromatic rings. The summed E-state index contributed by atoms with van der Waals surface area (Å²) in [4.78, 5) is 35.0. The predicted molar refractivity (Wildman–Crippen MR) is 244 cm³/mol. The van der Waals surface area contributed by atoms with Crippen LogP contribution in [0.3, 0.4) is 0 Å². The molecule has 0 amide bonds. The van der Waals surface area contributed by atoms with Crippen LogP contribution in [-0.2, 0) is 32.7 Å². The van der Waals surface area contributed by atoms with Crippen LogP contribution in [0.5, 0.6) is 0 Å². The van der Waals surface area contributed by atoms with E-state index in [1.54, 1.807) is 18.2 Å². The van der Waals surface area contributed by atoms with Crippen LogP contribution in [-0.4, -0.2) is 88.1 Å². The van der Waals surface area contributed by atoms with Gasteiger partial charge in [-0.3, -0.25) is 18.6 Å². The summed E-state index contributed by atoms with van der Waals surface area (Å²) in [6, 6.07) is 0. The molecule has 5 N–H and O–H groups in total. The molecule has 0 saturated carbocycles. The number of phosphoric ester groups is 1. The van der Waals surface area contributed by atoms with Crippen molar-refractivity contribution in [3.8, 4) is 0 Å². The quantitative estimate of drug-likeness (QED) is 0.0129. The van der Waals surface area contributed by atoms with E-state index in [1.807, 2.05) is 30.4 Å². The minimum atomic E-state index is -4.69. The van der Waals surface area contributed by atoms with Crippen molar-refractivity contribution >= 4 is 19.8 Å². The van der Waals surface area contributed by atoms with Crippen molar-refractivity contribution in [3.63, 3.8) is 0 Å². The van der Waals surface area contributed by atoms with E-state index in [9.17, 15) is 34.4 Å². The number of aliphatic hydroxyl groups excluding tert-OH is 4. The highest BCUT2D eigenvalue weighted by atomic mass is 31.2. The van der Waals surface area contributed by atoms with Gasteiger partial charge < -0.3 is 34.8 Å². The Balaban J connectivity index is 4.61. The Kier molecular flexibility index (Phi) is 39.5. The summed E-state index contributed by atoms with van der Waals surface area (Å²) in [7, 11) is -4.69. The minimum Gasteiger partial charge on any atom is -0.462 e. The highest BCUT2D eigenvalue weighted by Gasteiger charge is 2.27. The van der Waals surface area contributed by atoms with Gasteiger partial charge in [-0.1, -0.05) is 149 Å². The van der Waals surface area contributed by atoms with Crippen molar-refractivity contribution in [1.82, 2.24) is 0 Å². The van der Waals surface area contributed by atoms with Crippen LogP contribution in [0.1, 0.15) is 129 Å². The summed E-state index contributed by atoms with van der Waals surface area (Å²) >= 11 is 0. The second-order valence-corrected chi connectivity index (χ2v) is 15.8. The van der Waals surface area contributed by atoms with Gasteiger partial charge >= 0.3 is 19.8 Å². The van der Waals surface area contributed by atoms with E-state index in [0.29, 0.717) is 25.7 Å². The Morgan fingerprint density at radius 2 is 1.10 bits per heavy atom. The maximum Gasteiger partial charge on any atom is 0.472 e. The van der Waals surface area contributed by atoms with E-state index in [0.717, 1.165) is 77.0 Å². The van der Waals surface area contributed by atoms with Crippen LogP contribution in [0.15, 0.2) is 109 Å². The second kappa shape index (κ2) is 41.9. The van der Waals surface area contributed by atoms with Gasteiger partial charge in [0, 0.05) is 12.8 Å². The lowest BCUT2D eigenvalue weighted by molar-refractivity contribution is -0.161. The molecule has 0 aromatic heterocycles. The topological polar surface area (TPSA) is 189 Å². The zero-order chi connectivity index (χ0) is 45.1. The molecule has 1 unspecified atom stereocenters. The molecular formula is C48H77O12P. The first-order chi connectivity index (χ1) is 29.5. The maximum atomic E-state index is 12.6. The van der Waals surface area contributed by atoms with E-state index in [2.05, 4.69) is 79.1 Å². The number of carbonyl (C=O) groups excluding carboxylic acids is 2. The highest BCUT2D eigenvalue weighted by molar-refractivity contribution is 7.47. The number of esters is 2. The normalized spacial score (nSPS) is 15.9. The van der Waals surface area contributed by atoms with Crippen molar-refractivity contribution in [2.45, 2.75) is 154 Å². The number of unbranched alkanes of at least 4 members (excludes halogenated alkanes) is 5. The van der Waals surface area contributed by atoms with E-state index in [4.69, 9.17) is 19.1 Å². The summed E-state index contributed by atoms with van der Waals surface area (Å²) < 4.78 is 32.5. The van der Waals surface area contributed by atoms with Crippen molar-refractivity contribution in [2.75, 3.05) is 26.4 Å². The molecule has 0 bridgehead atoms. The fraction of sp³-hybridized carbons (Fsp3) is 0.583. The van der Waals surface area contributed by atoms with Crippen LogP contribution >= 0.6 is 7.82 Å². The predicted octanol–water partition coefficient (Wildman–Crippen LogP) is 9.72. The number of hydrogen-bond acceptors (Lipinski definition) is 11. The molecule has 0 radical (unpaired) electrons. The third-order valence-electron chi connectivity index (χ3n) is 8.62. The summed E-state index contributed by atoms with van der Waals surface area (Å²) in [5.41, 5.74) is 0. The molecule has 0 aliphatic carbocycles. The van der Waals surface area contributed by atoms with Crippen LogP contribution < -0.4 is 0 Å². The van der Waals surface area contributed by atoms with Gasteiger partial charge in [0.05, 0.1) is 32.0 Å². The highest BCUT2D eigenvalue weighted by Crippen LogP contribution is 2.43. The third kappa shape index (κ3) is 41.7. The Labute approximate surface area is 366 Å². The molecule has 0 spiro atoms. The molecular weight excluding hydrogens is 799 g/mol. The van der Waals surface area contributed by atoms with Gasteiger partial charge in [-0.2, -0.15) is 0 Å². The van der Waals surface area contributed by atoms with Crippen LogP contribution in [0.2, 0.25) is 0 Å². The number of carbonyl (C=O) groups is 2. The van der Waals surface area contributed by atoms with Crippen LogP contribution in [0.4, 0.5) is 0 Å². The average molecular weight is 877 g/mol. The minimum absolute atomic E-state index is 0.0214. The van der Waals surface area contributed by atoms with E-state index < -0.39 is 70.6 Å². The molecule has 0 saturated heterocycles. The summed E-state index contributed by atoms with van der Waals surface area (Å²) in [5.74, 6) is -1.20. The summed E-state index contributed by atoms with van der Waals surface area (Å²) in [6.07, 6.45) is 45.5. The van der Waals surface area contributed by atoms with Crippen LogP contribution in [0.25, 0.3) is 0 Å². The number of rotatable bonds is 39. The first-order valence-corrected chi connectivity index (χ1v) is 23.6. The van der Waals surface area contributed by atoms with Gasteiger partial charge in [0.2, 0.25) is 0 Å². The van der Waals surface area contributed by atoms with Gasteiger partial charge in [0.1, 0.15) is 12.7 Å². The molecule has 61 heavy (non-hydrogen) atoms. The van der Waals surface area contributed by atoms with Crippen molar-refractivity contribution in [2.24, 2.45) is 0 Å². The van der Waals surface area contributed by atoms with Gasteiger partial charge in [-0.05, 0) is 77.0 Å². The standard InChI is InChI=1S/C48H77O12P/c1-3-5-7-8-9-10-11-12-13-14-15-16-17-18-19-20-24-27-31-37-48(54)60-46(42-59-61(55,56)58-40-45(52)39-49)41-57-47(53)38-32-36-44(51)35-30-26-23-21-22-25-29-34-43(50)33-28-6-4-2/h5,7,9-10,12-13,15-16,18-19,22-23,25-26,29-30,34-35,43-46,49-52H,3-4,6,8,11,14,17,20-21,24,27-28,31-33,36-42H2,1-2H3,(H,55,56)/b7-5-,10-9-,13-12-,16-15-,19-18-,25-22-,26-23-,34-29+,35-30+/t43-,44-,45-,46+/m0/s1. The Morgan fingerprint density at radius 3 is 1.67 bits per heavy atom. The van der Waals surface area contributed by atoms with Crippen molar-refractivity contribution in [3.05, 3.63) is 109 Å². The van der Waals surface area contributed by atoms with Gasteiger partial charge in [-0.25, -0.2) is 4.57 Å². The van der Waals surface area contributed by atoms with Crippen LogP contribution in [0, 0.1) is 0 Å². The number of ether oxygens (including phenoxy) is 2. The molecule has 0 heterocycles. The molecule has 13 heteroatoms. The molecule has 0 aromatic carbocycles. The van der Waals surface area contributed by atoms with Gasteiger partial charge in [0.25, 0.3) is 0 Å². The summed E-state index contributed by atoms with van der Waals surface area (Å²) in [5, 5.41) is 38.5. The smallest absolute Gasteiger partial charge is 0.462 e. The lowest BCUT2D eigenvalue weighted by Crippen LogP contribution is -2.30. The molecule has 0 fully saturated rings. The lowest BCUT2D eigenvalue weighted by atomic mass is 10.1. The number of allylic oxidation sites excluding steroid dienone is 16. The average Bonchev–Trinajstić information content (AvgIpc) is 3.24. The van der Waals surface area contributed by atoms with Crippen molar-refractivity contribution in [1.29, 1.82) is 0 Å². The van der Waals surface area contributed by atoms with Gasteiger partial charge in [-0.15, -0.1) is 0 Å². The maximum absolute atomic E-state index is 12.6. The van der Waals surface area contributed by atoms with E-state index >= 15 is 0 Å². The van der Waals surface area contributed by atoms with E-state index in [-0.39, 0.29) is 12.8 Å². The summed E-state index contributed by atoms with van der Waals surface area (Å²) in [6.45, 7) is 1.84. The number of aliphatic hydroxyl groups is 4. The zero-order valence-corrected chi connectivity index (χ0v) is 37.7.